The molecule has 2 atom stereocenters. The maximum Gasteiger partial charge on any atom is 0.224 e. The summed E-state index contributed by atoms with van der Waals surface area (Å²) in [5.41, 5.74) is 7.24. The van der Waals surface area contributed by atoms with E-state index in [0.717, 1.165) is 12.8 Å². The van der Waals surface area contributed by atoms with Crippen LogP contribution in [0.15, 0.2) is 6.33 Å². The van der Waals surface area contributed by atoms with Crippen LogP contribution in [0.25, 0.3) is 11.2 Å². The molecule has 4 rings (SSSR count). The number of nitrogens with zero attached hydrogens (tertiary/aromatic N) is 4. The van der Waals surface area contributed by atoms with E-state index in [1.54, 1.807) is 6.33 Å². The number of rotatable bonds is 5. The fourth-order valence-corrected chi connectivity index (χ4v) is 2.86. The molecule has 1 aliphatic heterocycles. The molecule has 3 heterocycles. The minimum Gasteiger partial charge on any atom is -0.391 e. The second kappa shape index (κ2) is 5.91. The number of nitrogens with two attached hydrogens (primary N) is 1. The average molecular weight is 320 g/mol. The number of aromatic nitrogens is 4. The van der Waals surface area contributed by atoms with Gasteiger partial charge in [0.25, 0.3) is 0 Å². The van der Waals surface area contributed by atoms with E-state index in [4.69, 9.17) is 20.3 Å². The van der Waals surface area contributed by atoms with Crippen LogP contribution in [0.2, 0.25) is 0 Å². The van der Waals surface area contributed by atoms with E-state index in [9.17, 15) is 0 Å². The van der Waals surface area contributed by atoms with E-state index in [-0.39, 0.29) is 18.7 Å². The number of nitrogen functional groups attached to an aromatic ring is 1. The third-order valence-electron chi connectivity index (χ3n) is 4.29. The molecule has 1 saturated heterocycles. The molecule has 9 nitrogen and oxygen atoms in total. The van der Waals surface area contributed by atoms with E-state index in [1.165, 1.54) is 6.42 Å². The van der Waals surface area contributed by atoms with Crippen molar-refractivity contribution in [1.82, 2.24) is 19.5 Å². The number of imidazole rings is 1. The predicted molar refractivity (Wildman–Crippen MR) is 82.7 cm³/mol. The summed E-state index contributed by atoms with van der Waals surface area (Å²) in [5, 5.41) is 12.4. The van der Waals surface area contributed by atoms with E-state index in [1.807, 2.05) is 4.57 Å². The van der Waals surface area contributed by atoms with Gasteiger partial charge in [0.15, 0.2) is 23.3 Å². The molecule has 2 aromatic rings. The lowest BCUT2D eigenvalue weighted by atomic mass is 9.93. The quantitative estimate of drug-likeness (QED) is 0.710. The highest BCUT2D eigenvalue weighted by Gasteiger charge is 2.27. The molecular formula is C14H20N6O3. The summed E-state index contributed by atoms with van der Waals surface area (Å²) in [7, 11) is 0. The molecule has 0 bridgehead atoms. The van der Waals surface area contributed by atoms with Crippen LogP contribution < -0.4 is 11.1 Å². The Labute approximate surface area is 132 Å². The third kappa shape index (κ3) is 2.82. The topological polar surface area (TPSA) is 120 Å². The Balaban J connectivity index is 1.58. The highest BCUT2D eigenvalue weighted by atomic mass is 16.7. The first kappa shape index (κ1) is 14.6. The first-order valence-electron chi connectivity index (χ1n) is 7.85. The minimum absolute atomic E-state index is 0.147. The van der Waals surface area contributed by atoms with Gasteiger partial charge in [-0.1, -0.05) is 0 Å². The minimum atomic E-state index is -0.551. The molecule has 0 aromatic carbocycles. The molecule has 1 aliphatic carbocycles. The molecule has 2 aromatic heterocycles. The number of nitrogens with one attached hydrogen (secondary N) is 1. The van der Waals surface area contributed by atoms with Crippen molar-refractivity contribution in [3.63, 3.8) is 0 Å². The number of fused-ring (bicyclic) bond motifs is 1. The van der Waals surface area contributed by atoms with Gasteiger partial charge in [-0.3, -0.25) is 0 Å². The number of aliphatic hydroxyl groups excluding tert-OH is 1. The van der Waals surface area contributed by atoms with Crippen molar-refractivity contribution in [2.45, 2.75) is 44.2 Å². The van der Waals surface area contributed by atoms with Gasteiger partial charge >= 0.3 is 0 Å². The zero-order valence-electron chi connectivity index (χ0n) is 12.7. The SMILES string of the molecule is Nc1nc(NC2CCC2)c2ncn(CC3COC(CO)O3)c2n1. The molecule has 4 N–H and O–H groups in total. The van der Waals surface area contributed by atoms with Gasteiger partial charge in [0, 0.05) is 6.04 Å². The zero-order valence-corrected chi connectivity index (χ0v) is 12.7. The normalized spacial score (nSPS) is 24.9. The molecule has 0 spiro atoms. The molecule has 124 valence electrons. The zero-order chi connectivity index (χ0) is 15.8. The van der Waals surface area contributed by atoms with E-state index in [0.29, 0.717) is 36.2 Å². The van der Waals surface area contributed by atoms with Gasteiger partial charge < -0.3 is 30.2 Å². The fourth-order valence-electron chi connectivity index (χ4n) is 2.86. The van der Waals surface area contributed by atoms with Crippen molar-refractivity contribution in [2.75, 3.05) is 24.3 Å². The third-order valence-corrected chi connectivity index (χ3v) is 4.29. The second-order valence-corrected chi connectivity index (χ2v) is 5.98. The van der Waals surface area contributed by atoms with Crippen LogP contribution in [0, 0.1) is 0 Å². The van der Waals surface area contributed by atoms with Crippen molar-refractivity contribution < 1.29 is 14.6 Å². The summed E-state index contributed by atoms with van der Waals surface area (Å²) in [5.74, 6) is 0.908. The number of ether oxygens (including phenoxy) is 2. The van der Waals surface area contributed by atoms with Crippen LogP contribution in [-0.4, -0.2) is 56.3 Å². The standard InChI is InChI=1S/C14H20N6O3/c15-14-18-12(17-8-2-1-3-8)11-13(19-14)20(7-16-11)4-9-6-22-10(5-21)23-9/h7-10,21H,1-6H2,(H3,15,17,18,19). The number of anilines is 2. The summed E-state index contributed by atoms with van der Waals surface area (Å²) in [4.78, 5) is 13.0. The van der Waals surface area contributed by atoms with E-state index >= 15 is 0 Å². The van der Waals surface area contributed by atoms with Crippen molar-refractivity contribution >= 4 is 22.9 Å². The Kier molecular flexibility index (Phi) is 3.76. The van der Waals surface area contributed by atoms with Gasteiger partial charge in [-0.2, -0.15) is 9.97 Å². The first-order chi connectivity index (χ1) is 11.2. The van der Waals surface area contributed by atoms with E-state index < -0.39 is 6.29 Å². The van der Waals surface area contributed by atoms with Gasteiger partial charge in [0.05, 0.1) is 26.1 Å². The first-order valence-corrected chi connectivity index (χ1v) is 7.85. The van der Waals surface area contributed by atoms with Gasteiger partial charge in [-0.05, 0) is 19.3 Å². The number of hydrogen-bond acceptors (Lipinski definition) is 8. The van der Waals surface area contributed by atoms with Crippen molar-refractivity contribution in [2.24, 2.45) is 0 Å². The summed E-state index contributed by atoms with van der Waals surface area (Å²) in [6.45, 7) is 0.816. The molecule has 2 aliphatic rings. The molecule has 0 radical (unpaired) electrons. The van der Waals surface area contributed by atoms with Crippen LogP contribution >= 0.6 is 0 Å². The summed E-state index contributed by atoms with van der Waals surface area (Å²) in [6, 6.07) is 0.439. The maximum absolute atomic E-state index is 9.05. The highest BCUT2D eigenvalue weighted by Crippen LogP contribution is 2.27. The Morgan fingerprint density at radius 3 is 2.96 bits per heavy atom. The molecule has 2 fully saturated rings. The molecule has 2 unspecified atom stereocenters. The Bertz CT molecular complexity index is 701. The Morgan fingerprint density at radius 2 is 2.26 bits per heavy atom. The molecule has 23 heavy (non-hydrogen) atoms. The smallest absolute Gasteiger partial charge is 0.224 e. The van der Waals surface area contributed by atoms with Gasteiger partial charge in [-0.15, -0.1) is 0 Å². The Morgan fingerprint density at radius 1 is 1.39 bits per heavy atom. The maximum atomic E-state index is 9.05. The van der Waals surface area contributed by atoms with Gasteiger partial charge in [0.1, 0.15) is 6.10 Å². The average Bonchev–Trinajstić information content (AvgIpc) is 3.11. The van der Waals surface area contributed by atoms with Gasteiger partial charge in [0.2, 0.25) is 5.95 Å². The lowest BCUT2D eigenvalue weighted by Crippen LogP contribution is -2.27. The van der Waals surface area contributed by atoms with Gasteiger partial charge in [-0.25, -0.2) is 4.98 Å². The van der Waals surface area contributed by atoms with Crippen molar-refractivity contribution in [1.29, 1.82) is 0 Å². The van der Waals surface area contributed by atoms with Crippen molar-refractivity contribution in [3.05, 3.63) is 6.33 Å². The predicted octanol–water partition coefficient (Wildman–Crippen LogP) is 0.107. The lowest BCUT2D eigenvalue weighted by molar-refractivity contribution is -0.0891. The largest absolute Gasteiger partial charge is 0.391 e. The van der Waals surface area contributed by atoms with E-state index in [2.05, 4.69) is 20.3 Å². The molecular weight excluding hydrogens is 300 g/mol. The monoisotopic (exact) mass is 320 g/mol. The molecule has 9 heteroatoms. The van der Waals surface area contributed by atoms with Crippen LogP contribution in [0.5, 0.6) is 0 Å². The number of hydrogen-bond donors (Lipinski definition) is 3. The number of aliphatic hydroxyl groups is 1. The second-order valence-electron chi connectivity index (χ2n) is 5.98. The van der Waals surface area contributed by atoms with Crippen LogP contribution in [0.1, 0.15) is 19.3 Å². The lowest BCUT2D eigenvalue weighted by Gasteiger charge is -2.26. The van der Waals surface area contributed by atoms with Crippen LogP contribution in [0.4, 0.5) is 11.8 Å². The summed E-state index contributed by atoms with van der Waals surface area (Å²) < 4.78 is 12.8. The molecule has 1 saturated carbocycles. The molecule has 0 amide bonds. The van der Waals surface area contributed by atoms with Crippen LogP contribution in [-0.2, 0) is 16.0 Å². The Hall–Kier alpha value is -1.97. The van der Waals surface area contributed by atoms with Crippen LogP contribution in [0.3, 0.4) is 0 Å². The fraction of sp³-hybridized carbons (Fsp3) is 0.643. The summed E-state index contributed by atoms with van der Waals surface area (Å²) >= 11 is 0. The van der Waals surface area contributed by atoms with Crippen molar-refractivity contribution in [3.8, 4) is 0 Å². The summed E-state index contributed by atoms with van der Waals surface area (Å²) in [6.07, 6.45) is 4.53. The highest BCUT2D eigenvalue weighted by molar-refractivity contribution is 5.84.